The van der Waals surface area contributed by atoms with E-state index in [2.05, 4.69) is 304 Å². The molecule has 11 aromatic rings. The van der Waals surface area contributed by atoms with E-state index in [9.17, 15) is 0 Å². The van der Waals surface area contributed by atoms with Gasteiger partial charge in [-0.05, 0) is 223 Å². The van der Waals surface area contributed by atoms with Gasteiger partial charge in [0.05, 0.1) is 0 Å². The van der Waals surface area contributed by atoms with Crippen molar-refractivity contribution >= 4 is 85.6 Å². The summed E-state index contributed by atoms with van der Waals surface area (Å²) in [6.07, 6.45) is 6.89. The van der Waals surface area contributed by atoms with Crippen LogP contribution in [0.5, 0.6) is 0 Å². The number of benzene rings is 10. The molecule has 3 aliphatic carbocycles. The summed E-state index contributed by atoms with van der Waals surface area (Å²) < 4.78 is 6.99. The van der Waals surface area contributed by atoms with E-state index in [1.807, 2.05) is 0 Å². The fraction of sp³-hybridized carbons (Fsp3) is 0.286. The van der Waals surface area contributed by atoms with Gasteiger partial charge in [-0.1, -0.05) is 210 Å². The number of hydrogen-bond acceptors (Lipinski definition) is 4. The molecule has 0 spiro atoms. The Bertz CT molecular complexity index is 4520. The number of para-hydroxylation sites is 1. The summed E-state index contributed by atoms with van der Waals surface area (Å²) in [4.78, 5) is 5.19. The number of rotatable bonds is 9. The first-order chi connectivity index (χ1) is 42.5. The van der Waals surface area contributed by atoms with Crippen molar-refractivity contribution in [3.8, 4) is 33.4 Å². The first-order valence-electron chi connectivity index (χ1n) is 32.8. The van der Waals surface area contributed by atoms with Crippen LogP contribution in [0.4, 0.5) is 45.5 Å². The third-order valence-corrected chi connectivity index (χ3v) is 21.9. The molecule has 0 saturated heterocycles. The van der Waals surface area contributed by atoms with Gasteiger partial charge in [0.1, 0.15) is 11.2 Å². The van der Waals surface area contributed by atoms with Crippen LogP contribution in [-0.4, -0.2) is 7.28 Å². The lowest BCUT2D eigenvalue weighted by Crippen LogP contribution is -2.44. The number of furan rings is 1. The van der Waals surface area contributed by atoms with Gasteiger partial charge in [0.15, 0.2) is 7.28 Å². The molecular formula is C84H84BN3O. The van der Waals surface area contributed by atoms with Crippen molar-refractivity contribution < 1.29 is 4.42 Å². The highest BCUT2D eigenvalue weighted by Crippen LogP contribution is 2.54. The van der Waals surface area contributed by atoms with Crippen molar-refractivity contribution in [1.29, 1.82) is 0 Å². The minimum Gasteiger partial charge on any atom is -0.456 e. The summed E-state index contributed by atoms with van der Waals surface area (Å²) in [7, 11) is 0.751. The maximum Gasteiger partial charge on any atom is 0.198 e. The van der Waals surface area contributed by atoms with Crippen LogP contribution >= 0.6 is 0 Å². The molecule has 0 bridgehead atoms. The van der Waals surface area contributed by atoms with Crippen molar-refractivity contribution in [1.82, 2.24) is 0 Å². The average Bonchev–Trinajstić information content (AvgIpc) is 0.937. The van der Waals surface area contributed by atoms with Crippen LogP contribution in [0, 0.1) is 0 Å². The smallest absolute Gasteiger partial charge is 0.198 e. The Morgan fingerprint density at radius 2 is 0.854 bits per heavy atom. The fourth-order valence-corrected chi connectivity index (χ4v) is 15.9. The number of nitrogens with one attached hydrogen (secondary N) is 1. The molecule has 15 rings (SSSR count). The van der Waals surface area contributed by atoms with E-state index in [0.717, 1.165) is 95.3 Å². The second-order valence-corrected chi connectivity index (χ2v) is 30.6. The van der Waals surface area contributed by atoms with Crippen LogP contribution in [0.25, 0.3) is 55.3 Å². The Morgan fingerprint density at radius 1 is 0.371 bits per heavy atom. The van der Waals surface area contributed by atoms with Crippen LogP contribution in [0.15, 0.2) is 211 Å². The highest BCUT2D eigenvalue weighted by Gasteiger charge is 2.43. The molecule has 4 nitrogen and oxygen atoms in total. The molecule has 1 aliphatic heterocycles. The van der Waals surface area contributed by atoms with Crippen molar-refractivity contribution in [2.45, 2.75) is 154 Å². The summed E-state index contributed by atoms with van der Waals surface area (Å²) in [5.41, 5.74) is 29.4. The van der Waals surface area contributed by atoms with E-state index < -0.39 is 0 Å². The van der Waals surface area contributed by atoms with Gasteiger partial charge in [-0.25, -0.2) is 0 Å². The molecule has 89 heavy (non-hydrogen) atoms. The lowest BCUT2D eigenvalue weighted by molar-refractivity contribution is 0.332. The van der Waals surface area contributed by atoms with Crippen molar-refractivity contribution in [2.24, 2.45) is 0 Å². The fourth-order valence-electron chi connectivity index (χ4n) is 15.9. The van der Waals surface area contributed by atoms with E-state index >= 15 is 0 Å². The Kier molecular flexibility index (Phi) is 13.1. The van der Waals surface area contributed by atoms with Crippen LogP contribution < -0.4 is 26.0 Å². The minimum absolute atomic E-state index is 0.000449. The minimum atomic E-state index is -0.00394. The molecule has 0 atom stereocenters. The molecule has 444 valence electrons. The summed E-state index contributed by atoms with van der Waals surface area (Å²) in [5.74, 6) is 0. The standard InChI is InChI=1S/C84H84BN3O/c1-79(2)39-41-81(5,6)68-45-57(31-37-66(68)79)86-73-49-64-62-25-19-20-26-76(62)89-77(64)50-63(73)65-46-61(87(58-32-27-55(28-33-58)53-21-15-13-16-22-53)59-34-29-56(30-35-59)54-23-17-14-18-24-54)48-75-78(65)85-72-51-70-71(84(11,12)44-43-83(70,9)10)52-74(72)88(75)60-36-38-67-69(47-60)82(7,8)42-40-80(67,3)4/h13-38,45-52,85-86H,39-44H2,1-12H3. The summed E-state index contributed by atoms with van der Waals surface area (Å²) >= 11 is 0. The largest absolute Gasteiger partial charge is 0.456 e. The molecule has 5 heteroatoms. The van der Waals surface area contributed by atoms with E-state index in [4.69, 9.17) is 4.42 Å². The van der Waals surface area contributed by atoms with Gasteiger partial charge < -0.3 is 19.5 Å². The van der Waals surface area contributed by atoms with Crippen LogP contribution in [0.1, 0.15) is 155 Å². The molecular weight excluding hydrogens is 1080 g/mol. The van der Waals surface area contributed by atoms with Crippen molar-refractivity contribution in [3.63, 3.8) is 0 Å². The maximum absolute atomic E-state index is 6.99. The molecule has 0 fully saturated rings. The molecule has 1 aromatic heterocycles. The van der Waals surface area contributed by atoms with Crippen molar-refractivity contribution in [2.75, 3.05) is 15.1 Å². The Labute approximate surface area is 529 Å². The van der Waals surface area contributed by atoms with Crippen LogP contribution in [0.2, 0.25) is 0 Å². The zero-order valence-electron chi connectivity index (χ0n) is 54.4. The third kappa shape index (κ3) is 9.72. The van der Waals surface area contributed by atoms with Gasteiger partial charge >= 0.3 is 0 Å². The predicted octanol–water partition coefficient (Wildman–Crippen LogP) is 22.0. The average molecular weight is 1160 g/mol. The number of fused-ring (bicyclic) bond motifs is 8. The van der Waals surface area contributed by atoms with Crippen LogP contribution in [-0.2, 0) is 32.5 Å². The Morgan fingerprint density at radius 3 is 1.43 bits per heavy atom. The Balaban J connectivity index is 1.04. The highest BCUT2D eigenvalue weighted by molar-refractivity contribution is 6.73. The van der Waals surface area contributed by atoms with E-state index in [1.54, 1.807) is 0 Å². The van der Waals surface area contributed by atoms with Gasteiger partial charge in [0, 0.05) is 61.8 Å². The lowest BCUT2D eigenvalue weighted by Gasteiger charge is -2.45. The molecule has 1 N–H and O–H groups in total. The maximum atomic E-state index is 6.99. The lowest BCUT2D eigenvalue weighted by atomic mass is 9.55. The molecule has 0 unspecified atom stereocenters. The predicted molar refractivity (Wildman–Crippen MR) is 381 cm³/mol. The topological polar surface area (TPSA) is 31.6 Å². The van der Waals surface area contributed by atoms with Gasteiger partial charge in [0.25, 0.3) is 0 Å². The summed E-state index contributed by atoms with van der Waals surface area (Å²) in [5, 5.41) is 6.41. The first-order valence-corrected chi connectivity index (χ1v) is 32.8. The first kappa shape index (κ1) is 56.9. The van der Waals surface area contributed by atoms with Crippen molar-refractivity contribution in [3.05, 3.63) is 240 Å². The Hall–Kier alpha value is -8.54. The van der Waals surface area contributed by atoms with Gasteiger partial charge in [0.2, 0.25) is 0 Å². The zero-order valence-corrected chi connectivity index (χ0v) is 54.4. The van der Waals surface area contributed by atoms with Gasteiger partial charge in [-0.15, -0.1) is 0 Å². The quantitative estimate of drug-likeness (QED) is 0.146. The molecule has 0 amide bonds. The highest BCUT2D eigenvalue weighted by atomic mass is 16.3. The molecule has 0 saturated carbocycles. The van der Waals surface area contributed by atoms with Gasteiger partial charge in [-0.3, -0.25) is 0 Å². The number of hydrogen-bond donors (Lipinski definition) is 1. The molecule has 2 heterocycles. The molecule has 10 aromatic carbocycles. The van der Waals surface area contributed by atoms with E-state index in [-0.39, 0.29) is 32.5 Å². The monoisotopic (exact) mass is 1160 g/mol. The third-order valence-electron chi connectivity index (χ3n) is 21.9. The SMILES string of the molecule is CC1(C)CCC(C)(C)c2cc(Nc3cc4c(cc3-c3cc(N(c5ccc(-c6ccccc6)cc5)c5ccc(-c6ccccc6)cc5)cc5c3Bc3cc6c(cc3N5c3ccc5c(c3)C(C)(C)CCC5(C)C)C(C)(C)CCC6(C)C)oc3ccccc34)ccc21. The second-order valence-electron chi connectivity index (χ2n) is 30.6. The summed E-state index contributed by atoms with van der Waals surface area (Å²) in [6, 6.07) is 78.3. The zero-order chi connectivity index (χ0) is 61.6. The number of nitrogens with zero attached hydrogens (tertiary/aromatic N) is 2. The van der Waals surface area contributed by atoms with E-state index in [1.165, 1.54) is 95.6 Å². The number of anilines is 8. The molecule has 0 radical (unpaired) electrons. The van der Waals surface area contributed by atoms with E-state index in [0.29, 0.717) is 0 Å². The normalized spacial score (nSPS) is 17.8. The second kappa shape index (κ2) is 20.5. The molecule has 4 aliphatic rings. The van der Waals surface area contributed by atoms with Crippen LogP contribution in [0.3, 0.4) is 0 Å². The summed E-state index contributed by atoms with van der Waals surface area (Å²) in [6.45, 7) is 29.4. The van der Waals surface area contributed by atoms with Gasteiger partial charge in [-0.2, -0.15) is 0 Å².